The topological polar surface area (TPSA) is 32.8 Å². The van der Waals surface area contributed by atoms with Gasteiger partial charge >= 0.3 is 0 Å². The SMILES string of the molecule is COc1c(C(=O)N2CCN(Cc3ccccc3)CC2)csc1Br. The lowest BCUT2D eigenvalue weighted by molar-refractivity contribution is 0.0626. The van der Waals surface area contributed by atoms with Crippen LogP contribution in [0.3, 0.4) is 0 Å². The molecular weight excluding hydrogens is 376 g/mol. The summed E-state index contributed by atoms with van der Waals surface area (Å²) < 4.78 is 6.20. The predicted octanol–water partition coefficient (Wildman–Crippen LogP) is 3.48. The molecule has 0 saturated carbocycles. The zero-order chi connectivity index (χ0) is 16.2. The lowest BCUT2D eigenvalue weighted by Gasteiger charge is -2.34. The highest BCUT2D eigenvalue weighted by atomic mass is 79.9. The fourth-order valence-corrected chi connectivity index (χ4v) is 4.17. The van der Waals surface area contributed by atoms with E-state index in [4.69, 9.17) is 4.74 Å². The molecule has 1 aromatic heterocycles. The number of thiophene rings is 1. The van der Waals surface area contributed by atoms with Gasteiger partial charge in [0.15, 0.2) is 5.75 Å². The Balaban J connectivity index is 1.59. The van der Waals surface area contributed by atoms with Crippen LogP contribution in [0.1, 0.15) is 15.9 Å². The molecular formula is C17H19BrN2O2S. The molecule has 4 nitrogen and oxygen atoms in total. The number of benzene rings is 1. The summed E-state index contributed by atoms with van der Waals surface area (Å²) in [5.41, 5.74) is 1.97. The number of rotatable bonds is 4. The second kappa shape index (κ2) is 7.47. The summed E-state index contributed by atoms with van der Waals surface area (Å²) in [7, 11) is 1.60. The van der Waals surface area contributed by atoms with E-state index in [9.17, 15) is 4.79 Å². The van der Waals surface area contributed by atoms with Crippen molar-refractivity contribution in [2.75, 3.05) is 33.3 Å². The molecule has 1 saturated heterocycles. The van der Waals surface area contributed by atoms with Crippen molar-refractivity contribution in [3.63, 3.8) is 0 Å². The summed E-state index contributed by atoms with van der Waals surface area (Å²) in [6.07, 6.45) is 0. The van der Waals surface area contributed by atoms with Crippen LogP contribution in [0, 0.1) is 0 Å². The highest BCUT2D eigenvalue weighted by molar-refractivity contribution is 9.11. The smallest absolute Gasteiger partial charge is 0.258 e. The third-order valence-corrected chi connectivity index (χ3v) is 5.71. The van der Waals surface area contributed by atoms with Crippen molar-refractivity contribution in [2.24, 2.45) is 0 Å². The first-order chi connectivity index (χ1) is 11.2. The largest absolute Gasteiger partial charge is 0.494 e. The van der Waals surface area contributed by atoms with Gasteiger partial charge in [0.2, 0.25) is 0 Å². The zero-order valence-corrected chi connectivity index (χ0v) is 15.4. The first kappa shape index (κ1) is 16.5. The van der Waals surface area contributed by atoms with Gasteiger partial charge in [-0.15, -0.1) is 11.3 Å². The van der Waals surface area contributed by atoms with Gasteiger partial charge in [-0.3, -0.25) is 9.69 Å². The number of hydrogen-bond acceptors (Lipinski definition) is 4. The second-order valence-electron chi connectivity index (χ2n) is 5.51. The van der Waals surface area contributed by atoms with Crippen molar-refractivity contribution in [1.29, 1.82) is 0 Å². The third-order valence-electron chi connectivity index (χ3n) is 4.05. The lowest BCUT2D eigenvalue weighted by atomic mass is 10.2. The van der Waals surface area contributed by atoms with E-state index in [1.165, 1.54) is 16.9 Å². The second-order valence-corrected chi connectivity index (χ2v) is 7.71. The zero-order valence-electron chi connectivity index (χ0n) is 13.0. The van der Waals surface area contributed by atoms with E-state index in [1.54, 1.807) is 7.11 Å². The van der Waals surface area contributed by atoms with Gasteiger partial charge in [0.1, 0.15) is 3.79 Å². The maximum absolute atomic E-state index is 12.7. The number of carbonyl (C=O) groups is 1. The molecule has 1 fully saturated rings. The Morgan fingerprint density at radius 3 is 2.57 bits per heavy atom. The van der Waals surface area contributed by atoms with Gasteiger partial charge in [0, 0.05) is 38.1 Å². The summed E-state index contributed by atoms with van der Waals surface area (Å²) in [6, 6.07) is 10.5. The predicted molar refractivity (Wildman–Crippen MR) is 96.2 cm³/mol. The number of ether oxygens (including phenoxy) is 1. The number of hydrogen-bond donors (Lipinski definition) is 0. The molecule has 0 unspecified atom stereocenters. The van der Waals surface area contributed by atoms with Crippen molar-refractivity contribution < 1.29 is 9.53 Å². The third kappa shape index (κ3) is 3.76. The van der Waals surface area contributed by atoms with Crippen molar-refractivity contribution >= 4 is 33.2 Å². The van der Waals surface area contributed by atoms with Crippen molar-refractivity contribution in [3.05, 3.63) is 50.6 Å². The molecule has 0 radical (unpaired) electrons. The number of piperazine rings is 1. The number of halogens is 1. The van der Waals surface area contributed by atoms with Crippen LogP contribution in [0.2, 0.25) is 0 Å². The van der Waals surface area contributed by atoms with Gasteiger partial charge in [-0.05, 0) is 21.5 Å². The number of amides is 1. The fourth-order valence-electron chi connectivity index (χ4n) is 2.78. The highest BCUT2D eigenvalue weighted by Crippen LogP contribution is 2.36. The summed E-state index contributed by atoms with van der Waals surface area (Å²) in [6.45, 7) is 4.24. The van der Waals surface area contributed by atoms with Crippen LogP contribution in [0.5, 0.6) is 5.75 Å². The Labute approximate surface area is 148 Å². The van der Waals surface area contributed by atoms with Crippen molar-refractivity contribution in [3.8, 4) is 5.75 Å². The molecule has 1 amide bonds. The van der Waals surface area contributed by atoms with Gasteiger partial charge < -0.3 is 9.64 Å². The first-order valence-corrected chi connectivity index (χ1v) is 9.23. The van der Waals surface area contributed by atoms with Crippen LogP contribution in [0.4, 0.5) is 0 Å². The fraction of sp³-hybridized carbons (Fsp3) is 0.353. The van der Waals surface area contributed by atoms with Crippen LogP contribution < -0.4 is 4.74 Å². The van der Waals surface area contributed by atoms with E-state index in [2.05, 4.69) is 45.1 Å². The Morgan fingerprint density at radius 1 is 1.22 bits per heavy atom. The minimum Gasteiger partial charge on any atom is -0.494 e. The van der Waals surface area contributed by atoms with E-state index < -0.39 is 0 Å². The van der Waals surface area contributed by atoms with E-state index in [0.717, 1.165) is 36.5 Å². The van der Waals surface area contributed by atoms with Crippen LogP contribution in [-0.2, 0) is 6.54 Å². The van der Waals surface area contributed by atoms with Gasteiger partial charge in [0.05, 0.1) is 12.7 Å². The molecule has 0 spiro atoms. The Bertz CT molecular complexity index is 666. The Kier molecular flexibility index (Phi) is 5.35. The van der Waals surface area contributed by atoms with E-state index in [-0.39, 0.29) is 5.91 Å². The lowest BCUT2D eigenvalue weighted by Crippen LogP contribution is -2.48. The summed E-state index contributed by atoms with van der Waals surface area (Å²) >= 11 is 4.91. The minimum absolute atomic E-state index is 0.0585. The molecule has 122 valence electrons. The monoisotopic (exact) mass is 394 g/mol. The molecule has 3 rings (SSSR count). The maximum Gasteiger partial charge on any atom is 0.258 e. The quantitative estimate of drug-likeness (QED) is 0.795. The average Bonchev–Trinajstić information content (AvgIpc) is 2.96. The van der Waals surface area contributed by atoms with E-state index in [0.29, 0.717) is 11.3 Å². The number of nitrogens with zero attached hydrogens (tertiary/aromatic N) is 2. The normalized spacial score (nSPS) is 15.7. The Morgan fingerprint density at radius 2 is 1.91 bits per heavy atom. The van der Waals surface area contributed by atoms with Gasteiger partial charge in [-0.1, -0.05) is 30.3 Å². The molecule has 1 aromatic carbocycles. The molecule has 1 aliphatic rings. The molecule has 2 aromatic rings. The molecule has 2 heterocycles. The van der Waals surface area contributed by atoms with Gasteiger partial charge in [-0.25, -0.2) is 0 Å². The highest BCUT2D eigenvalue weighted by Gasteiger charge is 2.26. The number of carbonyl (C=O) groups excluding carboxylic acids is 1. The molecule has 0 N–H and O–H groups in total. The van der Waals surface area contributed by atoms with Crippen LogP contribution in [-0.4, -0.2) is 49.0 Å². The van der Waals surface area contributed by atoms with Crippen molar-refractivity contribution in [1.82, 2.24) is 9.80 Å². The van der Waals surface area contributed by atoms with Crippen LogP contribution in [0.25, 0.3) is 0 Å². The van der Waals surface area contributed by atoms with Crippen LogP contribution >= 0.6 is 27.3 Å². The molecule has 23 heavy (non-hydrogen) atoms. The average molecular weight is 395 g/mol. The molecule has 0 atom stereocenters. The minimum atomic E-state index is 0.0585. The maximum atomic E-state index is 12.7. The van der Waals surface area contributed by atoms with Crippen molar-refractivity contribution in [2.45, 2.75) is 6.54 Å². The molecule has 6 heteroatoms. The first-order valence-electron chi connectivity index (χ1n) is 7.55. The Hall–Kier alpha value is -1.37. The van der Waals surface area contributed by atoms with Crippen LogP contribution in [0.15, 0.2) is 39.5 Å². The molecule has 0 bridgehead atoms. The molecule has 1 aliphatic heterocycles. The summed E-state index contributed by atoms with van der Waals surface area (Å²) in [4.78, 5) is 17.0. The summed E-state index contributed by atoms with van der Waals surface area (Å²) in [5, 5.41) is 1.86. The van der Waals surface area contributed by atoms with Gasteiger partial charge in [0.25, 0.3) is 5.91 Å². The standard InChI is InChI=1S/C17H19BrN2O2S/c1-22-15-14(12-23-16(15)18)17(21)20-9-7-19(8-10-20)11-13-5-3-2-4-6-13/h2-6,12H,7-11H2,1H3. The van der Waals surface area contributed by atoms with E-state index in [1.807, 2.05) is 16.3 Å². The van der Waals surface area contributed by atoms with E-state index >= 15 is 0 Å². The summed E-state index contributed by atoms with van der Waals surface area (Å²) in [5.74, 6) is 0.704. The number of methoxy groups -OCH3 is 1. The molecule has 0 aliphatic carbocycles. The van der Waals surface area contributed by atoms with Gasteiger partial charge in [-0.2, -0.15) is 0 Å².